The Kier molecular flexibility index (Phi) is 4.52. The Morgan fingerprint density at radius 1 is 1.24 bits per heavy atom. The Labute approximate surface area is 128 Å². The molecule has 0 aliphatic heterocycles. The van der Waals surface area contributed by atoms with Crippen molar-refractivity contribution in [2.24, 2.45) is 0 Å². The molecule has 7 heteroatoms. The molecule has 0 spiro atoms. The van der Waals surface area contributed by atoms with Crippen molar-refractivity contribution in [1.29, 1.82) is 0 Å². The molecular formula is C14H11BrF2N2O2. The highest BCUT2D eigenvalue weighted by Crippen LogP contribution is 2.30. The Balaban J connectivity index is 2.35. The summed E-state index contributed by atoms with van der Waals surface area (Å²) in [6.45, 7) is 1.60. The molecule has 4 nitrogen and oxygen atoms in total. The van der Waals surface area contributed by atoms with Gasteiger partial charge in [0.25, 0.3) is 5.69 Å². The van der Waals surface area contributed by atoms with E-state index in [0.29, 0.717) is 5.56 Å². The molecule has 2 rings (SSSR count). The van der Waals surface area contributed by atoms with Crippen LogP contribution in [0.15, 0.2) is 40.9 Å². The van der Waals surface area contributed by atoms with Gasteiger partial charge in [-0.1, -0.05) is 34.1 Å². The smallest absolute Gasteiger partial charge is 0.274 e. The maximum Gasteiger partial charge on any atom is 0.274 e. The van der Waals surface area contributed by atoms with Crippen molar-refractivity contribution in [2.75, 3.05) is 5.32 Å². The van der Waals surface area contributed by atoms with Gasteiger partial charge in [0.05, 0.1) is 16.5 Å². The molecule has 0 saturated carbocycles. The van der Waals surface area contributed by atoms with E-state index in [9.17, 15) is 18.9 Å². The zero-order chi connectivity index (χ0) is 15.6. The van der Waals surface area contributed by atoms with Crippen LogP contribution in [0.2, 0.25) is 0 Å². The summed E-state index contributed by atoms with van der Waals surface area (Å²) in [5, 5.41) is 13.6. The molecule has 1 N–H and O–H groups in total. The summed E-state index contributed by atoms with van der Waals surface area (Å²) >= 11 is 2.99. The second-order valence-corrected chi connectivity index (χ2v) is 5.34. The van der Waals surface area contributed by atoms with Gasteiger partial charge in [0.15, 0.2) is 0 Å². The van der Waals surface area contributed by atoms with Gasteiger partial charge in [-0.05, 0) is 19.1 Å². The van der Waals surface area contributed by atoms with Gasteiger partial charge in [0.1, 0.15) is 17.3 Å². The number of benzene rings is 2. The molecule has 110 valence electrons. The zero-order valence-electron chi connectivity index (χ0n) is 10.9. The molecule has 0 radical (unpaired) electrons. The van der Waals surface area contributed by atoms with Crippen molar-refractivity contribution in [3.05, 3.63) is 68.2 Å². The quantitative estimate of drug-likeness (QED) is 0.631. The third kappa shape index (κ3) is 3.36. The minimum atomic E-state index is -0.771. The van der Waals surface area contributed by atoms with Crippen molar-refractivity contribution in [2.45, 2.75) is 13.0 Å². The molecule has 2 aromatic rings. The fraction of sp³-hybridized carbons (Fsp3) is 0.143. The van der Waals surface area contributed by atoms with Gasteiger partial charge in [-0.2, -0.15) is 0 Å². The number of nitro benzene ring substituents is 1. The van der Waals surface area contributed by atoms with Crippen molar-refractivity contribution >= 4 is 27.3 Å². The number of hydrogen-bond acceptors (Lipinski definition) is 3. The summed E-state index contributed by atoms with van der Waals surface area (Å²) in [5.41, 5.74) is -0.0662. The molecular weight excluding hydrogens is 346 g/mol. The number of nitrogens with one attached hydrogen (secondary N) is 1. The van der Waals surface area contributed by atoms with E-state index in [0.717, 1.165) is 12.1 Å². The van der Waals surface area contributed by atoms with E-state index < -0.39 is 22.6 Å². The minimum absolute atomic E-state index is 0.101. The van der Waals surface area contributed by atoms with Crippen molar-refractivity contribution in [3.63, 3.8) is 0 Å². The predicted molar refractivity (Wildman–Crippen MR) is 79.2 cm³/mol. The van der Waals surface area contributed by atoms with E-state index in [1.54, 1.807) is 19.1 Å². The lowest BCUT2D eigenvalue weighted by Gasteiger charge is -2.17. The van der Waals surface area contributed by atoms with Crippen LogP contribution >= 0.6 is 15.9 Å². The summed E-state index contributed by atoms with van der Waals surface area (Å²) in [5.74, 6) is -1.54. The number of nitrogens with zero attached hydrogens (tertiary/aromatic N) is 1. The fourth-order valence-corrected chi connectivity index (χ4v) is 2.40. The Hall–Kier alpha value is -2.02. The van der Waals surface area contributed by atoms with Crippen LogP contribution in [0.4, 0.5) is 20.2 Å². The van der Waals surface area contributed by atoms with Crippen LogP contribution in [-0.2, 0) is 0 Å². The standard InChI is InChI=1S/C14H11BrF2N2O2/c1-8(10-4-2-3-5-13(10)19(20)21)18-14-11(16)6-9(15)7-12(14)17/h2-8,18H,1H3. The number of nitro groups is 1. The molecule has 0 amide bonds. The number of anilines is 1. The lowest BCUT2D eigenvalue weighted by molar-refractivity contribution is -0.385. The molecule has 21 heavy (non-hydrogen) atoms. The lowest BCUT2D eigenvalue weighted by Crippen LogP contribution is -2.11. The number of hydrogen-bond donors (Lipinski definition) is 1. The van der Waals surface area contributed by atoms with Crippen LogP contribution in [0.25, 0.3) is 0 Å². The van der Waals surface area contributed by atoms with Crippen LogP contribution in [0.5, 0.6) is 0 Å². The lowest BCUT2D eigenvalue weighted by atomic mass is 10.1. The van der Waals surface area contributed by atoms with E-state index >= 15 is 0 Å². The molecule has 0 bridgehead atoms. The molecule has 0 heterocycles. The van der Waals surface area contributed by atoms with Crippen LogP contribution in [0, 0.1) is 21.7 Å². The topological polar surface area (TPSA) is 55.2 Å². The summed E-state index contributed by atoms with van der Waals surface area (Å²) < 4.78 is 27.8. The minimum Gasteiger partial charge on any atom is -0.374 e. The number of para-hydroxylation sites is 1. The summed E-state index contributed by atoms with van der Waals surface area (Å²) in [6, 6.07) is 7.68. The first kappa shape index (κ1) is 15.4. The Morgan fingerprint density at radius 2 is 1.81 bits per heavy atom. The highest BCUT2D eigenvalue weighted by atomic mass is 79.9. The molecule has 0 fully saturated rings. The first-order valence-corrected chi connectivity index (χ1v) is 6.84. The third-order valence-electron chi connectivity index (χ3n) is 2.97. The van der Waals surface area contributed by atoms with E-state index in [2.05, 4.69) is 21.2 Å². The highest BCUT2D eigenvalue weighted by molar-refractivity contribution is 9.10. The van der Waals surface area contributed by atoms with Crippen molar-refractivity contribution in [1.82, 2.24) is 0 Å². The maximum atomic E-state index is 13.8. The maximum absolute atomic E-state index is 13.8. The van der Waals surface area contributed by atoms with E-state index in [1.165, 1.54) is 12.1 Å². The monoisotopic (exact) mass is 356 g/mol. The number of halogens is 3. The van der Waals surface area contributed by atoms with Gasteiger partial charge >= 0.3 is 0 Å². The van der Waals surface area contributed by atoms with Gasteiger partial charge in [-0.3, -0.25) is 10.1 Å². The average molecular weight is 357 g/mol. The van der Waals surface area contributed by atoms with Gasteiger partial charge < -0.3 is 5.32 Å². The third-order valence-corrected chi connectivity index (χ3v) is 3.43. The van der Waals surface area contributed by atoms with Crippen LogP contribution in [0.1, 0.15) is 18.5 Å². The van der Waals surface area contributed by atoms with Crippen LogP contribution in [0.3, 0.4) is 0 Å². The second-order valence-electron chi connectivity index (χ2n) is 4.43. The summed E-state index contributed by atoms with van der Waals surface area (Å²) in [4.78, 5) is 10.5. The van der Waals surface area contributed by atoms with Crippen LogP contribution in [-0.4, -0.2) is 4.92 Å². The van der Waals surface area contributed by atoms with Gasteiger partial charge in [-0.15, -0.1) is 0 Å². The van der Waals surface area contributed by atoms with E-state index in [-0.39, 0.29) is 15.8 Å². The SMILES string of the molecule is CC(Nc1c(F)cc(Br)cc1F)c1ccccc1[N+](=O)[O-]. The Bertz CT molecular complexity index is 671. The first-order chi connectivity index (χ1) is 9.90. The molecule has 2 aromatic carbocycles. The van der Waals surface area contributed by atoms with Crippen molar-refractivity contribution < 1.29 is 13.7 Å². The summed E-state index contributed by atoms with van der Waals surface area (Å²) in [7, 11) is 0. The van der Waals surface area contributed by atoms with E-state index in [4.69, 9.17) is 0 Å². The van der Waals surface area contributed by atoms with E-state index in [1.807, 2.05) is 0 Å². The molecule has 1 unspecified atom stereocenters. The van der Waals surface area contributed by atoms with Crippen molar-refractivity contribution in [3.8, 4) is 0 Å². The molecule has 0 saturated heterocycles. The number of rotatable bonds is 4. The molecule has 0 aromatic heterocycles. The van der Waals surface area contributed by atoms with Gasteiger partial charge in [0.2, 0.25) is 0 Å². The highest BCUT2D eigenvalue weighted by Gasteiger charge is 2.20. The average Bonchev–Trinajstić information content (AvgIpc) is 2.42. The summed E-state index contributed by atoms with van der Waals surface area (Å²) in [6.07, 6.45) is 0. The fourth-order valence-electron chi connectivity index (χ4n) is 1.99. The zero-order valence-corrected chi connectivity index (χ0v) is 12.5. The predicted octanol–water partition coefficient (Wildman–Crippen LogP) is 4.81. The molecule has 1 atom stereocenters. The Morgan fingerprint density at radius 3 is 2.38 bits per heavy atom. The van der Waals surface area contributed by atoms with Gasteiger partial charge in [-0.25, -0.2) is 8.78 Å². The first-order valence-electron chi connectivity index (χ1n) is 6.04. The second kappa shape index (κ2) is 6.17. The largest absolute Gasteiger partial charge is 0.374 e. The molecule has 0 aliphatic rings. The van der Waals surface area contributed by atoms with Crippen LogP contribution < -0.4 is 5.32 Å². The molecule has 0 aliphatic carbocycles. The normalized spacial score (nSPS) is 12.0. The van der Waals surface area contributed by atoms with Gasteiger partial charge in [0, 0.05) is 10.5 Å².